The van der Waals surface area contributed by atoms with Gasteiger partial charge < -0.3 is 10.2 Å². The Kier molecular flexibility index (Phi) is 9.21. The molecule has 3 heteroatoms. The molecule has 0 aliphatic carbocycles. The second-order valence-electron chi connectivity index (χ2n) is 5.07. The molecule has 17 heavy (non-hydrogen) atoms. The highest BCUT2D eigenvalue weighted by Crippen LogP contribution is 2.11. The van der Waals surface area contributed by atoms with Crippen molar-refractivity contribution in [2.75, 3.05) is 38.2 Å². The van der Waals surface area contributed by atoms with Crippen LogP contribution in [0.2, 0.25) is 0 Å². The molecule has 0 amide bonds. The number of hydrogen-bond donors (Lipinski definition) is 1. The molecule has 0 spiro atoms. The number of likely N-dealkylation sites (tertiary alicyclic amines) is 1. The van der Waals surface area contributed by atoms with E-state index in [1.165, 1.54) is 70.5 Å². The standard InChI is InChI=1S/C14H30N2S/c1-3-16-11-7-8-14(9-12-16)15-10-5-4-6-13-17-2/h14-15H,3-13H2,1-2H3. The minimum atomic E-state index is 0.784. The lowest BCUT2D eigenvalue weighted by atomic mass is 10.1. The second kappa shape index (κ2) is 10.2. The van der Waals surface area contributed by atoms with Gasteiger partial charge in [0.15, 0.2) is 0 Å². The van der Waals surface area contributed by atoms with Crippen LogP contribution in [0.1, 0.15) is 45.4 Å². The summed E-state index contributed by atoms with van der Waals surface area (Å²) in [4.78, 5) is 2.58. The minimum absolute atomic E-state index is 0.784. The van der Waals surface area contributed by atoms with Crippen LogP contribution in [0.15, 0.2) is 0 Å². The van der Waals surface area contributed by atoms with Gasteiger partial charge in [-0.05, 0) is 70.3 Å². The van der Waals surface area contributed by atoms with Crippen molar-refractivity contribution in [1.82, 2.24) is 10.2 Å². The Hall–Kier alpha value is 0.270. The zero-order valence-corrected chi connectivity index (χ0v) is 12.5. The maximum Gasteiger partial charge on any atom is 0.00797 e. The molecule has 0 aromatic carbocycles. The summed E-state index contributed by atoms with van der Waals surface area (Å²) >= 11 is 1.97. The van der Waals surface area contributed by atoms with E-state index in [-0.39, 0.29) is 0 Å². The molecule has 1 aliphatic heterocycles. The highest BCUT2D eigenvalue weighted by atomic mass is 32.2. The minimum Gasteiger partial charge on any atom is -0.314 e. The van der Waals surface area contributed by atoms with Crippen LogP contribution < -0.4 is 5.32 Å². The van der Waals surface area contributed by atoms with E-state index in [1.807, 2.05) is 11.8 Å². The summed E-state index contributed by atoms with van der Waals surface area (Å²) in [5, 5.41) is 3.75. The van der Waals surface area contributed by atoms with Gasteiger partial charge in [-0.1, -0.05) is 13.3 Å². The van der Waals surface area contributed by atoms with Crippen molar-refractivity contribution in [3.8, 4) is 0 Å². The summed E-state index contributed by atoms with van der Waals surface area (Å²) in [6.45, 7) is 7.33. The largest absolute Gasteiger partial charge is 0.314 e. The molecule has 0 bridgehead atoms. The van der Waals surface area contributed by atoms with Gasteiger partial charge in [-0.15, -0.1) is 0 Å². The van der Waals surface area contributed by atoms with E-state index in [1.54, 1.807) is 0 Å². The fourth-order valence-electron chi connectivity index (χ4n) is 2.53. The lowest BCUT2D eigenvalue weighted by Crippen LogP contribution is -2.31. The first kappa shape index (κ1) is 15.3. The van der Waals surface area contributed by atoms with Crippen molar-refractivity contribution in [2.24, 2.45) is 0 Å². The Morgan fingerprint density at radius 3 is 2.82 bits per heavy atom. The van der Waals surface area contributed by atoms with E-state index in [0.717, 1.165) is 6.04 Å². The number of thioether (sulfide) groups is 1. The lowest BCUT2D eigenvalue weighted by molar-refractivity contribution is 0.297. The van der Waals surface area contributed by atoms with Crippen LogP contribution in [0.3, 0.4) is 0 Å². The molecule has 1 N–H and O–H groups in total. The van der Waals surface area contributed by atoms with E-state index >= 15 is 0 Å². The molecule has 0 aromatic rings. The summed E-state index contributed by atoms with van der Waals surface area (Å²) in [7, 11) is 0. The SMILES string of the molecule is CCN1CCCC(NCCCCCSC)CC1. The Balaban J connectivity index is 1.99. The van der Waals surface area contributed by atoms with Gasteiger partial charge in [0.1, 0.15) is 0 Å². The zero-order chi connectivity index (χ0) is 12.3. The van der Waals surface area contributed by atoms with Crippen LogP contribution in [0.25, 0.3) is 0 Å². The molecule has 1 heterocycles. The third kappa shape index (κ3) is 7.32. The van der Waals surface area contributed by atoms with E-state index in [0.29, 0.717) is 0 Å². The molecular formula is C14H30N2S. The van der Waals surface area contributed by atoms with Gasteiger partial charge in [-0.3, -0.25) is 0 Å². The Labute approximate surface area is 112 Å². The van der Waals surface area contributed by atoms with Crippen molar-refractivity contribution in [3.63, 3.8) is 0 Å². The maximum atomic E-state index is 3.75. The number of nitrogens with zero attached hydrogens (tertiary/aromatic N) is 1. The fraction of sp³-hybridized carbons (Fsp3) is 1.00. The highest BCUT2D eigenvalue weighted by molar-refractivity contribution is 7.98. The van der Waals surface area contributed by atoms with Crippen molar-refractivity contribution >= 4 is 11.8 Å². The van der Waals surface area contributed by atoms with Crippen LogP contribution in [0.4, 0.5) is 0 Å². The Bertz CT molecular complexity index is 176. The topological polar surface area (TPSA) is 15.3 Å². The molecule has 1 atom stereocenters. The van der Waals surface area contributed by atoms with Crippen LogP contribution in [0.5, 0.6) is 0 Å². The molecule has 1 saturated heterocycles. The quantitative estimate of drug-likeness (QED) is 0.674. The average Bonchev–Trinajstić information content (AvgIpc) is 2.59. The molecule has 1 rings (SSSR count). The highest BCUT2D eigenvalue weighted by Gasteiger charge is 2.14. The van der Waals surface area contributed by atoms with Gasteiger partial charge in [-0.25, -0.2) is 0 Å². The van der Waals surface area contributed by atoms with E-state index in [2.05, 4.69) is 23.4 Å². The predicted octanol–water partition coefficient (Wildman–Crippen LogP) is 2.98. The molecule has 0 aromatic heterocycles. The zero-order valence-electron chi connectivity index (χ0n) is 11.7. The first-order chi connectivity index (χ1) is 8.36. The van der Waals surface area contributed by atoms with Crippen molar-refractivity contribution < 1.29 is 0 Å². The molecule has 0 radical (unpaired) electrons. The number of rotatable bonds is 8. The molecular weight excluding hydrogens is 228 g/mol. The van der Waals surface area contributed by atoms with Crippen LogP contribution in [0, 0.1) is 0 Å². The Morgan fingerprint density at radius 2 is 2.06 bits per heavy atom. The summed E-state index contributed by atoms with van der Waals surface area (Å²) < 4.78 is 0. The molecule has 102 valence electrons. The van der Waals surface area contributed by atoms with Gasteiger partial charge in [0.25, 0.3) is 0 Å². The van der Waals surface area contributed by atoms with Gasteiger partial charge >= 0.3 is 0 Å². The lowest BCUT2D eigenvalue weighted by Gasteiger charge is -2.18. The number of hydrogen-bond acceptors (Lipinski definition) is 3. The maximum absolute atomic E-state index is 3.75. The average molecular weight is 258 g/mol. The summed E-state index contributed by atoms with van der Waals surface area (Å²) in [6.07, 6.45) is 10.4. The van der Waals surface area contributed by atoms with E-state index < -0.39 is 0 Å². The number of nitrogens with one attached hydrogen (secondary N) is 1. The van der Waals surface area contributed by atoms with E-state index in [9.17, 15) is 0 Å². The molecule has 1 aliphatic rings. The van der Waals surface area contributed by atoms with Gasteiger partial charge in [-0.2, -0.15) is 11.8 Å². The van der Waals surface area contributed by atoms with Crippen molar-refractivity contribution in [1.29, 1.82) is 0 Å². The monoisotopic (exact) mass is 258 g/mol. The normalized spacial score (nSPS) is 22.6. The molecule has 1 unspecified atom stereocenters. The summed E-state index contributed by atoms with van der Waals surface area (Å²) in [6, 6.07) is 0.784. The summed E-state index contributed by atoms with van der Waals surface area (Å²) in [5.74, 6) is 1.33. The predicted molar refractivity (Wildman–Crippen MR) is 80.0 cm³/mol. The fourth-order valence-corrected chi connectivity index (χ4v) is 3.02. The molecule has 0 saturated carbocycles. The van der Waals surface area contributed by atoms with Crippen molar-refractivity contribution in [2.45, 2.75) is 51.5 Å². The van der Waals surface area contributed by atoms with Crippen LogP contribution in [-0.2, 0) is 0 Å². The molecule has 1 fully saturated rings. The Morgan fingerprint density at radius 1 is 1.18 bits per heavy atom. The van der Waals surface area contributed by atoms with Gasteiger partial charge in [0, 0.05) is 6.04 Å². The van der Waals surface area contributed by atoms with Gasteiger partial charge in [0.2, 0.25) is 0 Å². The first-order valence-electron chi connectivity index (χ1n) is 7.31. The number of unbranched alkanes of at least 4 members (excludes halogenated alkanes) is 2. The van der Waals surface area contributed by atoms with Crippen molar-refractivity contribution in [3.05, 3.63) is 0 Å². The van der Waals surface area contributed by atoms with E-state index in [4.69, 9.17) is 0 Å². The van der Waals surface area contributed by atoms with Gasteiger partial charge in [0.05, 0.1) is 0 Å². The third-order valence-electron chi connectivity index (χ3n) is 3.73. The third-order valence-corrected chi connectivity index (χ3v) is 4.42. The smallest absolute Gasteiger partial charge is 0.00797 e. The summed E-state index contributed by atoms with van der Waals surface area (Å²) in [5.41, 5.74) is 0. The molecule has 2 nitrogen and oxygen atoms in total. The second-order valence-corrected chi connectivity index (χ2v) is 6.06. The van der Waals surface area contributed by atoms with Crippen LogP contribution >= 0.6 is 11.8 Å². The first-order valence-corrected chi connectivity index (χ1v) is 8.71. The van der Waals surface area contributed by atoms with Crippen LogP contribution in [-0.4, -0.2) is 49.1 Å².